The molecular weight excluding hydrogens is 220 g/mol. The number of rotatable bonds is 0. The van der Waals surface area contributed by atoms with Crippen LogP contribution in [0.3, 0.4) is 0 Å². The fourth-order valence-corrected chi connectivity index (χ4v) is 3.21. The summed E-state index contributed by atoms with van der Waals surface area (Å²) in [5.74, 6) is -0.0333. The summed E-state index contributed by atoms with van der Waals surface area (Å²) in [6.07, 6.45) is 0.432. The molecule has 0 unspecified atom stereocenters. The zero-order chi connectivity index (χ0) is 11.1. The van der Waals surface area contributed by atoms with E-state index < -0.39 is 0 Å². The number of carbonyl (C=O) groups excluding carboxylic acids is 1. The number of Topliss-reactive ketones (excluding diaryl/α,β-unsaturated/α-hetero) is 1. The lowest BCUT2D eigenvalue weighted by molar-refractivity contribution is -0.115. The third-order valence-corrected chi connectivity index (χ3v) is 3.96. The molecule has 0 saturated heterocycles. The molecule has 3 nitrogen and oxygen atoms in total. The number of nitriles is 1. The van der Waals surface area contributed by atoms with Crippen molar-refractivity contribution in [3.63, 3.8) is 0 Å². The van der Waals surface area contributed by atoms with E-state index in [1.807, 2.05) is 30.3 Å². The molecule has 0 atom stereocenters. The maximum Gasteiger partial charge on any atom is 0.177 e. The van der Waals surface area contributed by atoms with Crippen molar-refractivity contribution < 1.29 is 4.79 Å². The largest absolute Gasteiger partial charge is 0.333 e. The number of anilines is 1. The molecule has 0 fully saturated rings. The molecule has 78 valence electrons. The van der Waals surface area contributed by atoms with E-state index in [1.165, 1.54) is 11.8 Å². The lowest BCUT2D eigenvalue weighted by atomic mass is 10.1. The van der Waals surface area contributed by atoms with Crippen LogP contribution in [0.5, 0.6) is 0 Å². The minimum absolute atomic E-state index is 0.0333. The van der Waals surface area contributed by atoms with Crippen LogP contribution in [0.4, 0.5) is 5.69 Å². The second-order valence-corrected chi connectivity index (χ2v) is 4.72. The van der Waals surface area contributed by atoms with Crippen molar-refractivity contribution >= 4 is 23.2 Å². The Morgan fingerprint density at radius 2 is 2.19 bits per heavy atom. The quantitative estimate of drug-likeness (QED) is 0.683. The Labute approximate surface area is 97.4 Å². The summed E-state index contributed by atoms with van der Waals surface area (Å²) >= 11 is 1.52. The van der Waals surface area contributed by atoms with Crippen molar-refractivity contribution in [3.05, 3.63) is 34.9 Å². The maximum atomic E-state index is 11.6. The van der Waals surface area contributed by atoms with Crippen molar-refractivity contribution in [3.8, 4) is 6.07 Å². The number of para-hydroxylation sites is 1. The number of fused-ring (bicyclic) bond motifs is 3. The van der Waals surface area contributed by atoms with Crippen LogP contribution in [-0.4, -0.2) is 12.3 Å². The molecule has 4 heteroatoms. The average molecular weight is 228 g/mol. The first-order valence-corrected chi connectivity index (χ1v) is 5.85. The molecule has 0 radical (unpaired) electrons. The summed E-state index contributed by atoms with van der Waals surface area (Å²) in [5, 5.41) is 9.82. The van der Waals surface area contributed by atoms with Crippen LogP contribution in [-0.2, 0) is 4.79 Å². The smallest absolute Gasteiger partial charge is 0.177 e. The molecule has 2 aliphatic rings. The van der Waals surface area contributed by atoms with E-state index in [1.54, 1.807) is 0 Å². The highest BCUT2D eigenvalue weighted by Crippen LogP contribution is 2.48. The summed E-state index contributed by atoms with van der Waals surface area (Å²) in [7, 11) is 0. The van der Waals surface area contributed by atoms with Gasteiger partial charge in [0, 0.05) is 17.9 Å². The number of hydrogen-bond acceptors (Lipinski definition) is 4. The molecule has 0 saturated carbocycles. The summed E-state index contributed by atoms with van der Waals surface area (Å²) in [6.45, 7) is 0.684. The number of nitrogens with zero attached hydrogens (tertiary/aromatic N) is 2. The van der Waals surface area contributed by atoms with Gasteiger partial charge in [0.1, 0.15) is 16.7 Å². The van der Waals surface area contributed by atoms with E-state index in [4.69, 9.17) is 5.26 Å². The molecule has 3 rings (SSSR count). The van der Waals surface area contributed by atoms with Gasteiger partial charge in [-0.15, -0.1) is 0 Å². The Morgan fingerprint density at radius 1 is 1.38 bits per heavy atom. The third kappa shape index (κ3) is 1.18. The Hall–Kier alpha value is -1.73. The first kappa shape index (κ1) is 9.49. The summed E-state index contributed by atoms with van der Waals surface area (Å²) in [4.78, 5) is 14.8. The van der Waals surface area contributed by atoms with Gasteiger partial charge in [0.15, 0.2) is 5.78 Å². The fraction of sp³-hybridized carbons (Fsp3) is 0.167. The number of benzene rings is 1. The van der Waals surface area contributed by atoms with Gasteiger partial charge in [-0.3, -0.25) is 4.79 Å². The molecule has 0 bridgehead atoms. The Morgan fingerprint density at radius 3 is 3.00 bits per heavy atom. The number of carbonyl (C=O) groups is 1. The minimum Gasteiger partial charge on any atom is -0.333 e. The molecule has 2 heterocycles. The van der Waals surface area contributed by atoms with Gasteiger partial charge in [-0.1, -0.05) is 23.9 Å². The lowest BCUT2D eigenvalue weighted by Crippen LogP contribution is -2.29. The van der Waals surface area contributed by atoms with Gasteiger partial charge in [-0.05, 0) is 12.1 Å². The van der Waals surface area contributed by atoms with Crippen molar-refractivity contribution in [1.29, 1.82) is 5.26 Å². The standard InChI is InChI=1S/C12H8N2OS/c13-7-8-10(15)5-6-14-9-3-1-2-4-11(9)16-12(8)14/h1-4H,5-6H2. The molecule has 1 aromatic carbocycles. The van der Waals surface area contributed by atoms with Crippen molar-refractivity contribution in [2.45, 2.75) is 11.3 Å². The number of thioether (sulfide) groups is 1. The van der Waals surface area contributed by atoms with E-state index in [0.29, 0.717) is 18.5 Å². The van der Waals surface area contributed by atoms with Crippen molar-refractivity contribution in [2.75, 3.05) is 11.4 Å². The van der Waals surface area contributed by atoms with Gasteiger partial charge in [0.05, 0.1) is 5.69 Å². The highest BCUT2D eigenvalue weighted by molar-refractivity contribution is 8.03. The monoisotopic (exact) mass is 228 g/mol. The molecule has 1 aromatic rings. The maximum absolute atomic E-state index is 11.6. The molecule has 16 heavy (non-hydrogen) atoms. The average Bonchev–Trinajstić information content (AvgIpc) is 2.67. The van der Waals surface area contributed by atoms with Crippen LogP contribution in [0.1, 0.15) is 6.42 Å². The fourth-order valence-electron chi connectivity index (χ4n) is 2.01. The van der Waals surface area contributed by atoms with Crippen LogP contribution in [0, 0.1) is 11.3 Å². The van der Waals surface area contributed by atoms with Gasteiger partial charge in [0.2, 0.25) is 0 Å². The lowest BCUT2D eigenvalue weighted by Gasteiger charge is -2.24. The van der Waals surface area contributed by atoms with Crippen molar-refractivity contribution in [2.24, 2.45) is 0 Å². The van der Waals surface area contributed by atoms with Crippen molar-refractivity contribution in [1.82, 2.24) is 0 Å². The van der Waals surface area contributed by atoms with Gasteiger partial charge in [0.25, 0.3) is 0 Å². The van der Waals surface area contributed by atoms with Crippen LogP contribution in [0.25, 0.3) is 0 Å². The molecule has 0 N–H and O–H groups in total. The van der Waals surface area contributed by atoms with Gasteiger partial charge < -0.3 is 4.90 Å². The van der Waals surface area contributed by atoms with Crippen LogP contribution < -0.4 is 4.90 Å². The molecule has 0 aromatic heterocycles. The highest BCUT2D eigenvalue weighted by Gasteiger charge is 2.33. The number of allylic oxidation sites excluding steroid dienone is 1. The number of hydrogen-bond donors (Lipinski definition) is 0. The Balaban J connectivity index is 2.18. The molecular formula is C12H8N2OS. The van der Waals surface area contributed by atoms with E-state index in [-0.39, 0.29) is 5.78 Å². The van der Waals surface area contributed by atoms with E-state index in [2.05, 4.69) is 4.90 Å². The van der Waals surface area contributed by atoms with Gasteiger partial charge in [-0.25, -0.2) is 0 Å². The van der Waals surface area contributed by atoms with Crippen LogP contribution >= 0.6 is 11.8 Å². The predicted molar refractivity (Wildman–Crippen MR) is 61.9 cm³/mol. The topological polar surface area (TPSA) is 44.1 Å². The van der Waals surface area contributed by atoms with Crippen LogP contribution in [0.2, 0.25) is 0 Å². The second kappa shape index (κ2) is 3.39. The van der Waals surface area contributed by atoms with E-state index in [0.717, 1.165) is 15.6 Å². The van der Waals surface area contributed by atoms with E-state index >= 15 is 0 Å². The molecule has 2 aliphatic heterocycles. The third-order valence-electron chi connectivity index (χ3n) is 2.77. The second-order valence-electron chi connectivity index (χ2n) is 3.69. The summed E-state index contributed by atoms with van der Waals surface area (Å²) in [6, 6.07) is 10.0. The highest BCUT2D eigenvalue weighted by atomic mass is 32.2. The first-order valence-electron chi connectivity index (χ1n) is 5.03. The zero-order valence-electron chi connectivity index (χ0n) is 8.43. The number of ketones is 1. The van der Waals surface area contributed by atoms with Crippen LogP contribution in [0.15, 0.2) is 39.8 Å². The zero-order valence-corrected chi connectivity index (χ0v) is 9.25. The Kier molecular flexibility index (Phi) is 2.01. The van der Waals surface area contributed by atoms with Gasteiger partial charge >= 0.3 is 0 Å². The summed E-state index contributed by atoms with van der Waals surface area (Å²) < 4.78 is 0. The first-order chi connectivity index (χ1) is 7.81. The SMILES string of the molecule is N#CC1=C2Sc3ccccc3N2CCC1=O. The normalized spacial score (nSPS) is 18.2. The van der Waals surface area contributed by atoms with E-state index in [9.17, 15) is 4.79 Å². The molecule has 0 amide bonds. The van der Waals surface area contributed by atoms with Gasteiger partial charge in [-0.2, -0.15) is 5.26 Å². The molecule has 0 aliphatic carbocycles. The Bertz CT molecular complexity index is 556. The minimum atomic E-state index is -0.0333. The molecule has 0 spiro atoms. The summed E-state index contributed by atoms with van der Waals surface area (Å²) in [5.41, 5.74) is 1.43. The predicted octanol–water partition coefficient (Wildman–Crippen LogP) is 2.31.